The quantitative estimate of drug-likeness (QED) is 0.506. The number of carbonyl (C=O) groups is 2. The van der Waals surface area contributed by atoms with Gasteiger partial charge in [0.15, 0.2) is 0 Å². The van der Waals surface area contributed by atoms with E-state index < -0.39 is 5.97 Å². The van der Waals surface area contributed by atoms with Crippen molar-refractivity contribution in [2.45, 2.75) is 32.7 Å². The molecule has 1 heterocycles. The minimum Gasteiger partial charge on any atom is -0.481 e. The van der Waals surface area contributed by atoms with Crippen molar-refractivity contribution in [1.29, 1.82) is 0 Å². The second-order valence-corrected chi connectivity index (χ2v) is 8.95. The molecule has 1 amide bonds. The number of hydrogen-bond donors (Lipinski definition) is 2. The number of halogens is 1. The van der Waals surface area contributed by atoms with Gasteiger partial charge in [-0.15, -0.1) is 0 Å². The number of aliphatic carboxylic acids is 1. The number of amides is 1. The van der Waals surface area contributed by atoms with Gasteiger partial charge in [-0.25, -0.2) is 0 Å². The Morgan fingerprint density at radius 2 is 2.00 bits per heavy atom. The van der Waals surface area contributed by atoms with Crippen LogP contribution in [0.2, 0.25) is 0 Å². The Labute approximate surface area is 146 Å². The highest BCUT2D eigenvalue weighted by Crippen LogP contribution is 2.22. The van der Waals surface area contributed by atoms with Gasteiger partial charge in [0.1, 0.15) is 4.60 Å². The molecule has 0 bridgehead atoms. The summed E-state index contributed by atoms with van der Waals surface area (Å²) in [6, 6.07) is 0. The molecule has 0 aliphatic carbocycles. The van der Waals surface area contributed by atoms with Crippen LogP contribution < -0.4 is 5.32 Å². The van der Waals surface area contributed by atoms with Crippen LogP contribution in [0.1, 0.15) is 37.6 Å². The van der Waals surface area contributed by atoms with Crippen LogP contribution in [0, 0.1) is 0 Å². The van der Waals surface area contributed by atoms with Crippen LogP contribution in [0.25, 0.3) is 0 Å². The van der Waals surface area contributed by atoms with Crippen LogP contribution in [-0.4, -0.2) is 44.8 Å². The lowest BCUT2D eigenvalue weighted by atomic mass is 10.1. The maximum absolute atomic E-state index is 12.1. The molecule has 6 nitrogen and oxygen atoms in total. The summed E-state index contributed by atoms with van der Waals surface area (Å²) < 4.78 is 2.28. The molecule has 0 fully saturated rings. The summed E-state index contributed by atoms with van der Waals surface area (Å²) in [6.45, 7) is 6.56. The van der Waals surface area contributed by atoms with Crippen molar-refractivity contribution in [3.63, 3.8) is 0 Å². The molecule has 0 aliphatic heterocycles. The van der Waals surface area contributed by atoms with Crippen molar-refractivity contribution in [2.24, 2.45) is 0 Å². The van der Waals surface area contributed by atoms with E-state index >= 15 is 0 Å². The summed E-state index contributed by atoms with van der Waals surface area (Å²) in [5, 5.41) is 15.6. The molecule has 0 aliphatic rings. The van der Waals surface area contributed by atoms with Gasteiger partial charge in [-0.3, -0.25) is 14.3 Å². The highest BCUT2D eigenvalue weighted by molar-refractivity contribution is 9.10. The van der Waals surface area contributed by atoms with Crippen molar-refractivity contribution in [3.8, 4) is 0 Å². The fourth-order valence-corrected chi connectivity index (χ4v) is 3.74. The zero-order valence-electron chi connectivity index (χ0n) is 12.8. The maximum Gasteiger partial charge on any atom is 0.304 e. The third-order valence-electron chi connectivity index (χ3n) is 2.55. The zero-order valence-corrected chi connectivity index (χ0v) is 16.0. The first-order chi connectivity index (χ1) is 10.2. The lowest BCUT2D eigenvalue weighted by Crippen LogP contribution is -2.26. The summed E-state index contributed by atoms with van der Waals surface area (Å²) in [5.74, 6) is 0.333. The maximum atomic E-state index is 12.1. The first-order valence-corrected chi connectivity index (χ1v) is 10.00. The average molecular weight is 410 g/mol. The van der Waals surface area contributed by atoms with E-state index in [0.717, 1.165) is 5.75 Å². The lowest BCUT2D eigenvalue weighted by Gasteiger charge is -2.18. The van der Waals surface area contributed by atoms with Crippen LogP contribution in [-0.2, 0) is 10.3 Å². The summed E-state index contributed by atoms with van der Waals surface area (Å²) in [6.07, 6.45) is 1.89. The third kappa shape index (κ3) is 6.62. The van der Waals surface area contributed by atoms with E-state index in [4.69, 9.17) is 5.11 Å². The zero-order chi connectivity index (χ0) is 16.8. The minimum absolute atomic E-state index is 0.156. The number of aromatic nitrogens is 2. The second kappa shape index (κ2) is 8.83. The average Bonchev–Trinajstić information content (AvgIpc) is 2.79. The van der Waals surface area contributed by atoms with Gasteiger partial charge in [0.05, 0.1) is 17.5 Å². The Kier molecular flexibility index (Phi) is 7.78. The molecule has 9 heteroatoms. The summed E-state index contributed by atoms with van der Waals surface area (Å²) in [7, 11) is 3.05. The molecule has 0 unspecified atom stereocenters. The van der Waals surface area contributed by atoms with Gasteiger partial charge in [-0.2, -0.15) is 5.10 Å². The Hall–Kier alpha value is -0.670. The predicted octanol–water partition coefficient (Wildman–Crippen LogP) is 2.99. The van der Waals surface area contributed by atoms with Gasteiger partial charge in [0.2, 0.25) is 0 Å². The smallest absolute Gasteiger partial charge is 0.304 e. The Bertz CT molecular complexity index is 529. The summed E-state index contributed by atoms with van der Waals surface area (Å²) in [4.78, 5) is 22.4. The van der Waals surface area contributed by atoms with Crippen molar-refractivity contribution < 1.29 is 14.7 Å². The van der Waals surface area contributed by atoms with Crippen LogP contribution in [0.5, 0.6) is 0 Å². The first-order valence-electron chi connectivity index (χ1n) is 6.72. The Morgan fingerprint density at radius 3 is 2.55 bits per heavy atom. The van der Waals surface area contributed by atoms with Crippen molar-refractivity contribution in [1.82, 2.24) is 15.1 Å². The monoisotopic (exact) mass is 409 g/mol. The highest BCUT2D eigenvalue weighted by atomic mass is 79.9. The fraction of sp³-hybridized carbons (Fsp3) is 0.615. The molecule has 0 aromatic carbocycles. The van der Waals surface area contributed by atoms with Gasteiger partial charge in [-0.1, -0.05) is 21.6 Å². The van der Waals surface area contributed by atoms with E-state index in [0.29, 0.717) is 22.5 Å². The van der Waals surface area contributed by atoms with Crippen LogP contribution in [0.4, 0.5) is 0 Å². The predicted molar refractivity (Wildman–Crippen MR) is 94.4 cm³/mol. The van der Waals surface area contributed by atoms with Crippen LogP contribution >= 0.6 is 37.5 Å². The molecule has 124 valence electrons. The van der Waals surface area contributed by atoms with Crippen molar-refractivity contribution in [3.05, 3.63) is 16.4 Å². The van der Waals surface area contributed by atoms with Gasteiger partial charge in [0, 0.05) is 24.2 Å². The number of rotatable bonds is 8. The number of carboxylic acids is 1. The minimum atomic E-state index is -0.790. The molecule has 0 atom stereocenters. The molecule has 2 N–H and O–H groups in total. The van der Waals surface area contributed by atoms with E-state index in [-0.39, 0.29) is 17.9 Å². The molecule has 22 heavy (non-hydrogen) atoms. The second-order valence-electron chi connectivity index (χ2n) is 5.49. The van der Waals surface area contributed by atoms with Crippen molar-refractivity contribution in [2.75, 3.05) is 18.1 Å². The molecule has 1 aromatic rings. The molecule has 0 saturated heterocycles. The van der Waals surface area contributed by atoms with E-state index in [1.54, 1.807) is 21.7 Å². The molecular formula is C13H20BrN3O3S2. The molecule has 0 radical (unpaired) electrons. The molecular weight excluding hydrogens is 390 g/mol. The number of nitrogens with one attached hydrogen (secondary N) is 1. The van der Waals surface area contributed by atoms with Crippen LogP contribution in [0.3, 0.4) is 0 Å². The molecule has 1 rings (SSSR count). The molecule has 0 saturated carbocycles. The number of carboxylic acid groups (broad SMARTS) is 1. The molecule has 0 spiro atoms. The van der Waals surface area contributed by atoms with E-state index in [2.05, 4.69) is 26.3 Å². The highest BCUT2D eigenvalue weighted by Gasteiger charge is 2.20. The number of carbonyl (C=O) groups excluding carboxylic acids is 1. The third-order valence-corrected chi connectivity index (χ3v) is 5.55. The lowest BCUT2D eigenvalue weighted by molar-refractivity contribution is -0.136. The normalized spacial score (nSPS) is 11.5. The SMILES string of the molecule is CC(C)(C)n1cc(C(=O)NCCSSCCC(=O)O)c(Br)n1. The largest absolute Gasteiger partial charge is 0.481 e. The van der Waals surface area contributed by atoms with Gasteiger partial charge >= 0.3 is 5.97 Å². The van der Waals surface area contributed by atoms with Crippen LogP contribution in [0.15, 0.2) is 10.8 Å². The number of nitrogens with zero attached hydrogens (tertiary/aromatic N) is 2. The van der Waals surface area contributed by atoms with Crippen molar-refractivity contribution >= 4 is 49.4 Å². The first kappa shape index (κ1) is 19.4. The standard InChI is InChI=1S/C13H20BrN3O3S2/c1-13(2,3)17-8-9(11(14)16-17)12(20)15-5-7-22-21-6-4-10(18)19/h8H,4-7H2,1-3H3,(H,15,20)(H,18,19). The van der Waals surface area contributed by atoms with Gasteiger partial charge in [0.25, 0.3) is 5.91 Å². The Balaban J connectivity index is 2.34. The van der Waals surface area contributed by atoms with E-state index in [1.165, 1.54) is 10.8 Å². The van der Waals surface area contributed by atoms with Gasteiger partial charge < -0.3 is 10.4 Å². The molecule has 1 aromatic heterocycles. The fourth-order valence-electron chi connectivity index (χ4n) is 1.40. The van der Waals surface area contributed by atoms with E-state index in [1.807, 2.05) is 20.8 Å². The van der Waals surface area contributed by atoms with E-state index in [9.17, 15) is 9.59 Å². The topological polar surface area (TPSA) is 84.2 Å². The summed E-state index contributed by atoms with van der Waals surface area (Å²) in [5.41, 5.74) is 0.330. The van der Waals surface area contributed by atoms with Gasteiger partial charge in [-0.05, 0) is 36.7 Å². The Morgan fingerprint density at radius 1 is 1.36 bits per heavy atom. The summed E-state index contributed by atoms with van der Waals surface area (Å²) >= 11 is 3.31. The number of hydrogen-bond acceptors (Lipinski definition) is 5.